The molecule has 0 aliphatic rings. The van der Waals surface area contributed by atoms with Crippen molar-refractivity contribution >= 4 is 11.0 Å². The highest BCUT2D eigenvalue weighted by Gasteiger charge is 2.23. The van der Waals surface area contributed by atoms with Gasteiger partial charge in [0.25, 0.3) is 0 Å². The van der Waals surface area contributed by atoms with Crippen molar-refractivity contribution in [3.8, 4) is 0 Å². The van der Waals surface area contributed by atoms with Gasteiger partial charge in [-0.25, -0.2) is 0 Å². The molecule has 0 aliphatic carbocycles. The SMILES string of the molecule is CCCC(CCC)C(NC)c1cc2cc(C)ccc2o1. The van der Waals surface area contributed by atoms with E-state index in [9.17, 15) is 0 Å². The Balaban J connectivity index is 2.31. The first-order valence-corrected chi connectivity index (χ1v) is 7.87. The molecule has 0 bridgehead atoms. The van der Waals surface area contributed by atoms with Crippen molar-refractivity contribution < 1.29 is 4.42 Å². The van der Waals surface area contributed by atoms with Crippen LogP contribution in [0.5, 0.6) is 0 Å². The molecule has 20 heavy (non-hydrogen) atoms. The molecule has 110 valence electrons. The smallest absolute Gasteiger partial charge is 0.134 e. The normalized spacial score (nSPS) is 13.2. The molecule has 1 aromatic carbocycles. The van der Waals surface area contributed by atoms with Crippen molar-refractivity contribution in [3.05, 3.63) is 35.6 Å². The van der Waals surface area contributed by atoms with Gasteiger partial charge in [-0.05, 0) is 50.9 Å². The van der Waals surface area contributed by atoms with Gasteiger partial charge in [0.05, 0.1) is 6.04 Å². The second-order valence-corrected chi connectivity index (χ2v) is 5.79. The largest absolute Gasteiger partial charge is 0.459 e. The van der Waals surface area contributed by atoms with E-state index in [-0.39, 0.29) is 0 Å². The van der Waals surface area contributed by atoms with Crippen molar-refractivity contribution in [1.82, 2.24) is 5.32 Å². The summed E-state index contributed by atoms with van der Waals surface area (Å²) in [5, 5.41) is 4.68. The second kappa shape index (κ2) is 6.94. The number of hydrogen-bond acceptors (Lipinski definition) is 2. The van der Waals surface area contributed by atoms with Crippen LogP contribution in [0, 0.1) is 12.8 Å². The molecule has 0 saturated carbocycles. The van der Waals surface area contributed by atoms with Crippen LogP contribution in [0.3, 0.4) is 0 Å². The van der Waals surface area contributed by atoms with E-state index in [0.29, 0.717) is 12.0 Å². The van der Waals surface area contributed by atoms with Gasteiger partial charge < -0.3 is 9.73 Å². The Bertz CT molecular complexity index is 537. The third-order valence-corrected chi connectivity index (χ3v) is 4.10. The maximum Gasteiger partial charge on any atom is 0.134 e. The zero-order chi connectivity index (χ0) is 14.5. The average Bonchev–Trinajstić information content (AvgIpc) is 2.82. The first kappa shape index (κ1) is 15.1. The Kier molecular flexibility index (Phi) is 5.24. The second-order valence-electron chi connectivity index (χ2n) is 5.79. The summed E-state index contributed by atoms with van der Waals surface area (Å²) in [7, 11) is 2.04. The minimum Gasteiger partial charge on any atom is -0.459 e. The molecule has 1 aromatic heterocycles. The van der Waals surface area contributed by atoms with Gasteiger partial charge in [-0.1, -0.05) is 38.3 Å². The molecule has 1 N–H and O–H groups in total. The maximum atomic E-state index is 6.09. The first-order valence-electron chi connectivity index (χ1n) is 7.87. The van der Waals surface area contributed by atoms with Crippen LogP contribution in [0.2, 0.25) is 0 Å². The van der Waals surface area contributed by atoms with Gasteiger partial charge >= 0.3 is 0 Å². The fraction of sp³-hybridized carbons (Fsp3) is 0.556. The summed E-state index contributed by atoms with van der Waals surface area (Å²) >= 11 is 0. The summed E-state index contributed by atoms with van der Waals surface area (Å²) in [6, 6.07) is 8.92. The monoisotopic (exact) mass is 273 g/mol. The highest BCUT2D eigenvalue weighted by atomic mass is 16.3. The topological polar surface area (TPSA) is 25.2 Å². The maximum absolute atomic E-state index is 6.09. The van der Waals surface area contributed by atoms with E-state index in [2.05, 4.69) is 50.4 Å². The summed E-state index contributed by atoms with van der Waals surface area (Å²) in [6.45, 7) is 6.65. The molecule has 0 aliphatic heterocycles. The van der Waals surface area contributed by atoms with E-state index < -0.39 is 0 Å². The highest BCUT2D eigenvalue weighted by Crippen LogP contribution is 2.33. The zero-order valence-corrected chi connectivity index (χ0v) is 13.2. The Morgan fingerprint density at radius 1 is 1.10 bits per heavy atom. The zero-order valence-electron chi connectivity index (χ0n) is 13.2. The van der Waals surface area contributed by atoms with E-state index >= 15 is 0 Å². The fourth-order valence-corrected chi connectivity index (χ4v) is 3.17. The van der Waals surface area contributed by atoms with Crippen LogP contribution in [0.25, 0.3) is 11.0 Å². The molecule has 0 radical (unpaired) electrons. The molecular weight excluding hydrogens is 246 g/mol. The summed E-state index contributed by atoms with van der Waals surface area (Å²) in [6.07, 6.45) is 4.94. The number of fused-ring (bicyclic) bond motifs is 1. The lowest BCUT2D eigenvalue weighted by Gasteiger charge is -2.24. The summed E-state index contributed by atoms with van der Waals surface area (Å²) in [5.41, 5.74) is 2.28. The molecule has 1 unspecified atom stereocenters. The Labute approximate surface area is 122 Å². The van der Waals surface area contributed by atoms with Crippen LogP contribution < -0.4 is 5.32 Å². The molecule has 1 heterocycles. The van der Waals surface area contributed by atoms with Gasteiger partial charge in [0.1, 0.15) is 11.3 Å². The Morgan fingerprint density at radius 3 is 2.40 bits per heavy atom. The number of rotatable bonds is 7. The number of aryl methyl sites for hydroxylation is 1. The molecule has 0 spiro atoms. The average molecular weight is 273 g/mol. The lowest BCUT2D eigenvalue weighted by molar-refractivity contribution is 0.294. The van der Waals surface area contributed by atoms with Crippen LogP contribution in [0.1, 0.15) is 56.9 Å². The third kappa shape index (κ3) is 3.24. The van der Waals surface area contributed by atoms with Crippen molar-refractivity contribution in [3.63, 3.8) is 0 Å². The van der Waals surface area contributed by atoms with E-state index in [0.717, 1.165) is 11.3 Å². The van der Waals surface area contributed by atoms with Gasteiger partial charge in [0.2, 0.25) is 0 Å². The number of benzene rings is 1. The third-order valence-electron chi connectivity index (χ3n) is 4.10. The van der Waals surface area contributed by atoms with Crippen LogP contribution in [-0.2, 0) is 0 Å². The fourth-order valence-electron chi connectivity index (χ4n) is 3.17. The van der Waals surface area contributed by atoms with Gasteiger partial charge in [0, 0.05) is 5.39 Å². The van der Waals surface area contributed by atoms with Crippen LogP contribution in [0.15, 0.2) is 28.7 Å². The van der Waals surface area contributed by atoms with Crippen molar-refractivity contribution in [1.29, 1.82) is 0 Å². The lowest BCUT2D eigenvalue weighted by Crippen LogP contribution is -2.24. The van der Waals surface area contributed by atoms with Gasteiger partial charge in [-0.2, -0.15) is 0 Å². The summed E-state index contributed by atoms with van der Waals surface area (Å²) < 4.78 is 6.09. The Hall–Kier alpha value is -1.28. The summed E-state index contributed by atoms with van der Waals surface area (Å²) in [4.78, 5) is 0. The molecule has 0 saturated heterocycles. The quantitative estimate of drug-likeness (QED) is 0.748. The molecule has 2 heteroatoms. The molecule has 2 aromatic rings. The molecular formula is C18H27NO. The minimum absolute atomic E-state index is 0.322. The van der Waals surface area contributed by atoms with Crippen LogP contribution in [-0.4, -0.2) is 7.05 Å². The van der Waals surface area contributed by atoms with E-state index in [4.69, 9.17) is 4.42 Å². The molecule has 0 amide bonds. The van der Waals surface area contributed by atoms with E-state index in [1.54, 1.807) is 0 Å². The van der Waals surface area contributed by atoms with Crippen molar-refractivity contribution in [2.75, 3.05) is 7.05 Å². The standard InChI is InChI=1S/C18H27NO/c1-5-7-14(8-6-2)18(19-4)17-12-15-11-13(3)9-10-16(15)20-17/h9-12,14,18-19H,5-8H2,1-4H3. The lowest BCUT2D eigenvalue weighted by atomic mass is 9.89. The van der Waals surface area contributed by atoms with E-state index in [1.165, 1.54) is 36.6 Å². The van der Waals surface area contributed by atoms with Gasteiger partial charge in [0.15, 0.2) is 0 Å². The predicted molar refractivity (Wildman–Crippen MR) is 86.1 cm³/mol. The van der Waals surface area contributed by atoms with Crippen molar-refractivity contribution in [2.45, 2.75) is 52.5 Å². The predicted octanol–water partition coefficient (Wildman–Crippen LogP) is 5.22. The molecule has 0 fully saturated rings. The number of hydrogen-bond donors (Lipinski definition) is 1. The van der Waals surface area contributed by atoms with Gasteiger partial charge in [-0.3, -0.25) is 0 Å². The van der Waals surface area contributed by atoms with Crippen LogP contribution >= 0.6 is 0 Å². The minimum atomic E-state index is 0.322. The number of furan rings is 1. The van der Waals surface area contributed by atoms with Crippen molar-refractivity contribution in [2.24, 2.45) is 5.92 Å². The van der Waals surface area contributed by atoms with Gasteiger partial charge in [-0.15, -0.1) is 0 Å². The highest BCUT2D eigenvalue weighted by molar-refractivity contribution is 5.78. The molecule has 2 rings (SSSR count). The Morgan fingerprint density at radius 2 is 1.80 bits per heavy atom. The summed E-state index contributed by atoms with van der Waals surface area (Å²) in [5.74, 6) is 1.73. The molecule has 1 atom stereocenters. The first-order chi connectivity index (χ1) is 9.69. The van der Waals surface area contributed by atoms with E-state index in [1.807, 2.05) is 7.05 Å². The number of nitrogens with one attached hydrogen (secondary N) is 1. The molecule has 2 nitrogen and oxygen atoms in total. The van der Waals surface area contributed by atoms with Crippen LogP contribution in [0.4, 0.5) is 0 Å².